The smallest absolute Gasteiger partial charge is 0.240 e. The van der Waals surface area contributed by atoms with Crippen molar-refractivity contribution in [3.63, 3.8) is 0 Å². The quantitative estimate of drug-likeness (QED) is 0.489. The van der Waals surface area contributed by atoms with E-state index in [0.29, 0.717) is 31.1 Å². The molecule has 6 heteroatoms. The number of carbonyl (C=O) groups excluding carboxylic acids is 1. The molecule has 0 bridgehead atoms. The first kappa shape index (κ1) is 17.4. The zero-order valence-corrected chi connectivity index (χ0v) is 14.8. The second-order valence-corrected chi connectivity index (χ2v) is 6.67. The largest absolute Gasteiger partial charge is 0.486 e. The van der Waals surface area contributed by atoms with Gasteiger partial charge < -0.3 is 9.47 Å². The normalized spacial score (nSPS) is 13.4. The topological polar surface area (TPSA) is 59.9 Å². The van der Waals surface area contributed by atoms with Gasteiger partial charge >= 0.3 is 0 Å². The summed E-state index contributed by atoms with van der Waals surface area (Å²) in [7, 11) is 0. The molecule has 5 nitrogen and oxygen atoms in total. The Bertz CT molecular complexity index is 763. The Hall–Kier alpha value is -2.47. The fourth-order valence-electron chi connectivity index (χ4n) is 2.31. The number of carbonyl (C=O) groups is 1. The highest BCUT2D eigenvalue weighted by Gasteiger charge is 2.12. The highest BCUT2D eigenvalue weighted by molar-refractivity contribution is 7.99. The molecule has 1 aliphatic rings. The van der Waals surface area contributed by atoms with Crippen LogP contribution in [0.25, 0.3) is 0 Å². The fraction of sp³-hybridized carbons (Fsp3) is 0.263. The zero-order chi connectivity index (χ0) is 17.5. The number of benzene rings is 2. The van der Waals surface area contributed by atoms with Gasteiger partial charge in [-0.1, -0.05) is 18.2 Å². The first-order valence-corrected chi connectivity index (χ1v) is 9.12. The van der Waals surface area contributed by atoms with Crippen molar-refractivity contribution in [2.24, 2.45) is 5.10 Å². The maximum Gasteiger partial charge on any atom is 0.240 e. The monoisotopic (exact) mass is 356 g/mol. The molecule has 2 aromatic carbocycles. The lowest BCUT2D eigenvalue weighted by atomic mass is 10.1. The number of hydrogen-bond acceptors (Lipinski definition) is 5. The number of hydrogen-bond donors (Lipinski definition) is 1. The van der Waals surface area contributed by atoms with Crippen molar-refractivity contribution >= 4 is 23.4 Å². The fourth-order valence-corrected chi connectivity index (χ4v) is 3.19. The van der Waals surface area contributed by atoms with Gasteiger partial charge in [0.25, 0.3) is 0 Å². The molecule has 0 aromatic heterocycles. The van der Waals surface area contributed by atoms with Crippen LogP contribution in [0.5, 0.6) is 11.5 Å². The summed E-state index contributed by atoms with van der Waals surface area (Å²) in [5.74, 6) is 2.07. The van der Waals surface area contributed by atoms with Crippen molar-refractivity contribution in [3.05, 3.63) is 54.1 Å². The second kappa shape index (κ2) is 8.58. The minimum atomic E-state index is -0.0969. The van der Waals surface area contributed by atoms with E-state index < -0.39 is 0 Å². The van der Waals surface area contributed by atoms with Crippen molar-refractivity contribution < 1.29 is 14.3 Å². The molecule has 0 fully saturated rings. The minimum Gasteiger partial charge on any atom is -0.486 e. The van der Waals surface area contributed by atoms with Gasteiger partial charge in [-0.3, -0.25) is 4.79 Å². The van der Waals surface area contributed by atoms with Gasteiger partial charge in [0.05, 0.1) is 5.71 Å². The van der Waals surface area contributed by atoms with E-state index in [0.717, 1.165) is 21.9 Å². The summed E-state index contributed by atoms with van der Waals surface area (Å²) < 4.78 is 11.1. The van der Waals surface area contributed by atoms with Crippen LogP contribution >= 0.6 is 11.8 Å². The van der Waals surface area contributed by atoms with E-state index in [1.807, 2.05) is 55.5 Å². The summed E-state index contributed by atoms with van der Waals surface area (Å²) in [6, 6.07) is 15.7. The molecule has 3 rings (SSSR count). The molecule has 25 heavy (non-hydrogen) atoms. The number of ether oxygens (including phenoxy) is 2. The van der Waals surface area contributed by atoms with Gasteiger partial charge in [0.15, 0.2) is 11.5 Å². The highest BCUT2D eigenvalue weighted by atomic mass is 32.2. The van der Waals surface area contributed by atoms with Crippen LogP contribution in [0.4, 0.5) is 0 Å². The van der Waals surface area contributed by atoms with Crippen molar-refractivity contribution in [1.29, 1.82) is 0 Å². The Morgan fingerprint density at radius 1 is 1.12 bits per heavy atom. The van der Waals surface area contributed by atoms with Crippen molar-refractivity contribution in [2.45, 2.75) is 18.2 Å². The van der Waals surface area contributed by atoms with Gasteiger partial charge in [-0.15, -0.1) is 11.8 Å². The molecule has 0 saturated heterocycles. The van der Waals surface area contributed by atoms with E-state index in [9.17, 15) is 4.79 Å². The number of fused-ring (bicyclic) bond motifs is 1. The molecule has 1 N–H and O–H groups in total. The lowest BCUT2D eigenvalue weighted by molar-refractivity contribution is -0.120. The van der Waals surface area contributed by atoms with Crippen LogP contribution < -0.4 is 14.9 Å². The Morgan fingerprint density at radius 2 is 1.88 bits per heavy atom. The zero-order valence-electron chi connectivity index (χ0n) is 14.0. The summed E-state index contributed by atoms with van der Waals surface area (Å²) in [5, 5.41) is 4.18. The molecule has 0 saturated carbocycles. The lowest BCUT2D eigenvalue weighted by Crippen LogP contribution is -2.20. The number of nitrogens with one attached hydrogen (secondary N) is 1. The summed E-state index contributed by atoms with van der Waals surface area (Å²) in [6.45, 7) is 2.96. The molecular weight excluding hydrogens is 336 g/mol. The number of nitrogens with zero attached hydrogens (tertiary/aromatic N) is 1. The summed E-state index contributed by atoms with van der Waals surface area (Å²) in [5.41, 5.74) is 4.23. The maximum absolute atomic E-state index is 11.9. The van der Waals surface area contributed by atoms with Crippen molar-refractivity contribution in [2.75, 3.05) is 19.0 Å². The van der Waals surface area contributed by atoms with E-state index in [2.05, 4.69) is 10.5 Å². The average molecular weight is 356 g/mol. The van der Waals surface area contributed by atoms with E-state index >= 15 is 0 Å². The van der Waals surface area contributed by atoms with Gasteiger partial charge in [-0.05, 0) is 37.3 Å². The summed E-state index contributed by atoms with van der Waals surface area (Å²) >= 11 is 1.66. The number of rotatable bonds is 6. The minimum absolute atomic E-state index is 0.0969. The molecule has 0 radical (unpaired) electrons. The Kier molecular flexibility index (Phi) is 5.95. The van der Waals surface area contributed by atoms with Crippen LogP contribution in [0.2, 0.25) is 0 Å². The number of hydrazone groups is 1. The number of amides is 1. The Balaban J connectivity index is 1.50. The van der Waals surface area contributed by atoms with E-state index in [1.165, 1.54) is 0 Å². The van der Waals surface area contributed by atoms with Crippen LogP contribution in [0.15, 0.2) is 58.5 Å². The lowest BCUT2D eigenvalue weighted by Gasteiger charge is -2.18. The second-order valence-electron chi connectivity index (χ2n) is 5.50. The molecule has 1 aliphatic heterocycles. The molecule has 1 heterocycles. The molecule has 130 valence electrons. The van der Waals surface area contributed by atoms with Crippen LogP contribution in [0.3, 0.4) is 0 Å². The van der Waals surface area contributed by atoms with Crippen LogP contribution in [0, 0.1) is 0 Å². The van der Waals surface area contributed by atoms with Crippen LogP contribution in [0.1, 0.15) is 18.9 Å². The molecular formula is C19H20N2O3S. The Morgan fingerprint density at radius 3 is 2.68 bits per heavy atom. The maximum atomic E-state index is 11.9. The van der Waals surface area contributed by atoms with E-state index in [4.69, 9.17) is 9.47 Å². The summed E-state index contributed by atoms with van der Waals surface area (Å²) in [6.07, 6.45) is 0.414. The van der Waals surface area contributed by atoms with Gasteiger partial charge in [-0.25, -0.2) is 5.43 Å². The SMILES string of the molecule is C/C(=N/NC(=O)CCSc1ccccc1)c1ccc2c(c1)OCCO2. The third kappa shape index (κ3) is 5.00. The molecule has 0 atom stereocenters. The third-order valence-electron chi connectivity index (χ3n) is 3.65. The molecule has 1 amide bonds. The third-order valence-corrected chi connectivity index (χ3v) is 4.66. The first-order chi connectivity index (χ1) is 12.2. The Labute approximate surface area is 151 Å². The van der Waals surface area contributed by atoms with Crippen LogP contribution in [-0.4, -0.2) is 30.6 Å². The molecule has 0 aliphatic carbocycles. The highest BCUT2D eigenvalue weighted by Crippen LogP contribution is 2.30. The van der Waals surface area contributed by atoms with Gasteiger partial charge in [-0.2, -0.15) is 5.10 Å². The standard InChI is InChI=1S/C19H20N2O3S/c1-14(15-7-8-17-18(13-15)24-11-10-23-17)20-21-19(22)9-12-25-16-5-3-2-4-6-16/h2-8,13H,9-12H2,1H3,(H,21,22)/b20-14-. The molecule has 0 unspecified atom stereocenters. The van der Waals surface area contributed by atoms with E-state index in [1.54, 1.807) is 11.8 Å². The van der Waals surface area contributed by atoms with Gasteiger partial charge in [0, 0.05) is 22.6 Å². The molecule has 2 aromatic rings. The average Bonchev–Trinajstić information content (AvgIpc) is 2.66. The van der Waals surface area contributed by atoms with Gasteiger partial charge in [0.2, 0.25) is 5.91 Å². The van der Waals surface area contributed by atoms with E-state index in [-0.39, 0.29) is 5.91 Å². The van der Waals surface area contributed by atoms with Crippen LogP contribution in [-0.2, 0) is 4.79 Å². The van der Waals surface area contributed by atoms with Gasteiger partial charge in [0.1, 0.15) is 13.2 Å². The van der Waals surface area contributed by atoms with Crippen molar-refractivity contribution in [1.82, 2.24) is 5.43 Å². The predicted molar refractivity (Wildman–Crippen MR) is 99.6 cm³/mol. The van der Waals surface area contributed by atoms with Crippen molar-refractivity contribution in [3.8, 4) is 11.5 Å². The number of thioether (sulfide) groups is 1. The predicted octanol–water partition coefficient (Wildman–Crippen LogP) is 3.48. The first-order valence-electron chi connectivity index (χ1n) is 8.13. The summed E-state index contributed by atoms with van der Waals surface area (Å²) in [4.78, 5) is 13.1. The molecule has 0 spiro atoms.